The Morgan fingerprint density at radius 3 is 2.42 bits per heavy atom. The molecule has 0 unspecified atom stereocenters. The number of sulfonamides is 1. The lowest BCUT2D eigenvalue weighted by atomic mass is 10.2. The first-order chi connectivity index (χ1) is 12.2. The van der Waals surface area contributed by atoms with Crippen molar-refractivity contribution in [1.29, 1.82) is 0 Å². The number of rotatable bonds is 4. The summed E-state index contributed by atoms with van der Waals surface area (Å²) in [5, 5.41) is 8.48. The number of hydrogen-bond donors (Lipinski definition) is 2. The van der Waals surface area contributed by atoms with Crippen molar-refractivity contribution in [2.24, 2.45) is 5.14 Å². The largest absolute Gasteiger partial charge is 0.373 e. The van der Waals surface area contributed by atoms with Gasteiger partial charge in [0, 0.05) is 10.7 Å². The Hall–Kier alpha value is -2.42. The van der Waals surface area contributed by atoms with Crippen molar-refractivity contribution >= 4 is 44.8 Å². The average molecular weight is 394 g/mol. The van der Waals surface area contributed by atoms with Crippen LogP contribution in [0.1, 0.15) is 12.0 Å². The van der Waals surface area contributed by atoms with E-state index >= 15 is 0 Å². The number of halogens is 1. The second-order valence-corrected chi connectivity index (χ2v) is 7.89. The summed E-state index contributed by atoms with van der Waals surface area (Å²) in [7, 11) is -3.79. The Morgan fingerprint density at radius 2 is 1.81 bits per heavy atom. The molecule has 0 saturated carbocycles. The van der Waals surface area contributed by atoms with Crippen LogP contribution in [0.15, 0.2) is 47.4 Å². The van der Waals surface area contributed by atoms with Crippen molar-refractivity contribution in [3.63, 3.8) is 0 Å². The van der Waals surface area contributed by atoms with E-state index < -0.39 is 22.0 Å². The van der Waals surface area contributed by atoms with Gasteiger partial charge in [-0.15, -0.1) is 0 Å². The summed E-state index contributed by atoms with van der Waals surface area (Å²) in [6.45, 7) is 1.74. The summed E-state index contributed by atoms with van der Waals surface area (Å²) in [6.07, 6.45) is -0.0122. The van der Waals surface area contributed by atoms with E-state index in [9.17, 15) is 18.0 Å². The van der Waals surface area contributed by atoms with Crippen LogP contribution in [0, 0.1) is 6.92 Å². The molecule has 2 aromatic carbocycles. The fraction of sp³-hybridized carbons (Fsp3) is 0.176. The molecule has 1 heterocycles. The maximum atomic E-state index is 12.7. The zero-order chi connectivity index (χ0) is 19.1. The monoisotopic (exact) mass is 393 g/mol. The van der Waals surface area contributed by atoms with Gasteiger partial charge in [0.1, 0.15) is 6.04 Å². The molecule has 7 nitrogen and oxygen atoms in total. The highest BCUT2D eigenvalue weighted by Crippen LogP contribution is 2.31. The van der Waals surface area contributed by atoms with Gasteiger partial charge < -0.3 is 5.32 Å². The van der Waals surface area contributed by atoms with Crippen molar-refractivity contribution in [1.82, 2.24) is 0 Å². The minimum absolute atomic E-state index is 0.0122. The van der Waals surface area contributed by atoms with Crippen LogP contribution >= 0.6 is 11.6 Å². The second kappa shape index (κ2) is 6.71. The third kappa shape index (κ3) is 3.44. The molecule has 136 valence electrons. The molecule has 0 radical (unpaired) electrons. The van der Waals surface area contributed by atoms with Crippen LogP contribution in [0.5, 0.6) is 0 Å². The van der Waals surface area contributed by atoms with Crippen LogP contribution in [0.2, 0.25) is 5.02 Å². The zero-order valence-corrected chi connectivity index (χ0v) is 15.3. The quantitative estimate of drug-likeness (QED) is 0.772. The average Bonchev–Trinajstić information content (AvgIpc) is 2.84. The fourth-order valence-corrected chi connectivity index (χ4v) is 3.46. The number of nitrogens with two attached hydrogens (primary N) is 1. The van der Waals surface area contributed by atoms with Gasteiger partial charge in [-0.25, -0.2) is 18.5 Å². The Labute approximate surface area is 155 Å². The summed E-state index contributed by atoms with van der Waals surface area (Å²) in [6, 6.07) is 9.93. The molecule has 2 aromatic rings. The number of nitrogens with one attached hydrogen (secondary N) is 1. The lowest BCUT2D eigenvalue weighted by Gasteiger charge is -2.18. The van der Waals surface area contributed by atoms with Gasteiger partial charge in [0.05, 0.1) is 17.0 Å². The number of benzene rings is 2. The van der Waals surface area contributed by atoms with E-state index in [1.165, 1.54) is 24.3 Å². The number of carbonyl (C=O) groups is 2. The molecule has 0 bridgehead atoms. The van der Waals surface area contributed by atoms with Crippen molar-refractivity contribution in [3.05, 3.63) is 53.1 Å². The molecule has 1 saturated heterocycles. The zero-order valence-electron chi connectivity index (χ0n) is 13.8. The molecule has 1 atom stereocenters. The van der Waals surface area contributed by atoms with Crippen LogP contribution in [0.3, 0.4) is 0 Å². The lowest BCUT2D eigenvalue weighted by molar-refractivity contribution is -0.121. The molecule has 9 heteroatoms. The molecule has 1 aliphatic rings. The van der Waals surface area contributed by atoms with Gasteiger partial charge in [0.15, 0.2) is 0 Å². The smallest absolute Gasteiger partial charge is 0.256 e. The highest BCUT2D eigenvalue weighted by molar-refractivity contribution is 7.89. The fourth-order valence-electron chi connectivity index (χ4n) is 2.78. The standard InChI is InChI=1S/C17H16ClN3O4S/c1-10-13(18)3-2-4-15(10)21-16(22)9-14(17(21)23)20-11-5-7-12(8-6-11)26(19,24)25/h2-8,14,20H,9H2,1H3,(H2,19,24,25)/t14-/m1/s1. The Morgan fingerprint density at radius 1 is 1.15 bits per heavy atom. The molecule has 2 amide bonds. The highest BCUT2D eigenvalue weighted by Gasteiger charge is 2.40. The normalized spacial score (nSPS) is 17.7. The van der Waals surface area contributed by atoms with E-state index in [2.05, 4.69) is 5.32 Å². The summed E-state index contributed by atoms with van der Waals surface area (Å²) < 4.78 is 22.6. The van der Waals surface area contributed by atoms with Gasteiger partial charge in [0.2, 0.25) is 15.9 Å². The Bertz CT molecular complexity index is 990. The number of hydrogen-bond acceptors (Lipinski definition) is 5. The van der Waals surface area contributed by atoms with Crippen molar-refractivity contribution in [3.8, 4) is 0 Å². The van der Waals surface area contributed by atoms with Gasteiger partial charge in [0.25, 0.3) is 5.91 Å². The van der Waals surface area contributed by atoms with E-state index in [1.54, 1.807) is 25.1 Å². The molecule has 3 N–H and O–H groups in total. The summed E-state index contributed by atoms with van der Waals surface area (Å²) in [4.78, 5) is 26.1. The summed E-state index contributed by atoms with van der Waals surface area (Å²) in [5.74, 6) is -0.727. The Kier molecular flexibility index (Phi) is 4.74. The van der Waals surface area contributed by atoms with Crippen LogP contribution in [-0.2, 0) is 19.6 Å². The lowest BCUT2D eigenvalue weighted by Crippen LogP contribution is -2.35. The van der Waals surface area contributed by atoms with Gasteiger partial charge in [-0.2, -0.15) is 0 Å². The first-order valence-corrected chi connectivity index (χ1v) is 9.62. The van der Waals surface area contributed by atoms with Crippen molar-refractivity contribution in [2.45, 2.75) is 24.3 Å². The van der Waals surface area contributed by atoms with Crippen LogP contribution in [0.25, 0.3) is 0 Å². The minimum Gasteiger partial charge on any atom is -0.373 e. The molecule has 1 fully saturated rings. The SMILES string of the molecule is Cc1c(Cl)cccc1N1C(=O)C[C@@H](Nc2ccc(S(N)(=O)=O)cc2)C1=O. The molecule has 26 heavy (non-hydrogen) atoms. The topological polar surface area (TPSA) is 110 Å². The predicted molar refractivity (Wildman–Crippen MR) is 98.5 cm³/mol. The number of primary sulfonamides is 1. The third-order valence-electron chi connectivity index (χ3n) is 4.15. The van der Waals surface area contributed by atoms with Crippen molar-refractivity contribution < 1.29 is 18.0 Å². The molecule has 0 aromatic heterocycles. The van der Waals surface area contributed by atoms with E-state index in [1.807, 2.05) is 0 Å². The highest BCUT2D eigenvalue weighted by atomic mass is 35.5. The van der Waals surface area contributed by atoms with Crippen LogP contribution in [-0.4, -0.2) is 26.3 Å². The van der Waals surface area contributed by atoms with E-state index in [4.69, 9.17) is 16.7 Å². The number of imide groups is 1. The van der Waals surface area contributed by atoms with E-state index in [0.29, 0.717) is 22.0 Å². The molecule has 0 spiro atoms. The summed E-state index contributed by atoms with van der Waals surface area (Å²) in [5.41, 5.74) is 1.61. The van der Waals surface area contributed by atoms with Gasteiger partial charge in [-0.05, 0) is 48.9 Å². The first kappa shape index (κ1) is 18.4. The van der Waals surface area contributed by atoms with Crippen LogP contribution in [0.4, 0.5) is 11.4 Å². The van der Waals surface area contributed by atoms with Crippen molar-refractivity contribution in [2.75, 3.05) is 10.2 Å². The maximum absolute atomic E-state index is 12.7. The number of anilines is 2. The molecule has 3 rings (SSSR count). The molecular weight excluding hydrogens is 378 g/mol. The van der Waals surface area contributed by atoms with E-state index in [-0.39, 0.29) is 17.2 Å². The van der Waals surface area contributed by atoms with Gasteiger partial charge in [-0.1, -0.05) is 17.7 Å². The molecule has 1 aliphatic heterocycles. The maximum Gasteiger partial charge on any atom is 0.256 e. The number of nitrogens with zero attached hydrogens (tertiary/aromatic N) is 1. The first-order valence-electron chi connectivity index (χ1n) is 7.70. The number of amides is 2. The second-order valence-electron chi connectivity index (χ2n) is 5.92. The van der Waals surface area contributed by atoms with E-state index in [0.717, 1.165) is 4.90 Å². The predicted octanol–water partition coefficient (Wildman–Crippen LogP) is 2.04. The Balaban J connectivity index is 1.82. The van der Waals surface area contributed by atoms with Gasteiger partial charge in [-0.3, -0.25) is 9.59 Å². The summed E-state index contributed by atoms with van der Waals surface area (Å²) >= 11 is 6.08. The van der Waals surface area contributed by atoms with Gasteiger partial charge >= 0.3 is 0 Å². The number of carbonyl (C=O) groups excluding carboxylic acids is 2. The molecular formula is C17H16ClN3O4S. The molecule has 0 aliphatic carbocycles. The third-order valence-corrected chi connectivity index (χ3v) is 5.49. The minimum atomic E-state index is -3.79. The van der Waals surface area contributed by atoms with Crippen LogP contribution < -0.4 is 15.4 Å².